The molecule has 94 valence electrons. The van der Waals surface area contributed by atoms with E-state index in [0.717, 1.165) is 10.0 Å². The molecule has 0 spiro atoms. The Balaban J connectivity index is 3.11. The lowest BCUT2D eigenvalue weighted by Crippen LogP contribution is -2.52. The summed E-state index contributed by atoms with van der Waals surface area (Å²) in [5.74, 6) is -0.00234. The van der Waals surface area contributed by atoms with Crippen molar-refractivity contribution in [3.05, 3.63) is 34.3 Å². The molecule has 17 heavy (non-hydrogen) atoms. The van der Waals surface area contributed by atoms with Crippen LogP contribution in [0.5, 0.6) is 0 Å². The van der Waals surface area contributed by atoms with Crippen LogP contribution in [-0.4, -0.2) is 26.0 Å². The van der Waals surface area contributed by atoms with Crippen molar-refractivity contribution in [2.75, 3.05) is 14.1 Å². The summed E-state index contributed by atoms with van der Waals surface area (Å²) < 4.78 is 1.02. The molecule has 4 heteroatoms. The first-order valence-corrected chi connectivity index (χ1v) is 6.37. The molecule has 0 aliphatic rings. The maximum absolute atomic E-state index is 11.9. The van der Waals surface area contributed by atoms with E-state index in [1.165, 1.54) is 0 Å². The Morgan fingerprint density at radius 3 is 2.47 bits per heavy atom. The summed E-state index contributed by atoms with van der Waals surface area (Å²) >= 11 is 3.46. The van der Waals surface area contributed by atoms with Crippen LogP contribution in [0.3, 0.4) is 0 Å². The van der Waals surface area contributed by atoms with Gasteiger partial charge in [-0.25, -0.2) is 0 Å². The fourth-order valence-corrected chi connectivity index (χ4v) is 2.42. The molecule has 1 aromatic carbocycles. The first-order valence-electron chi connectivity index (χ1n) is 5.58. The molecule has 0 fully saturated rings. The van der Waals surface area contributed by atoms with E-state index in [-0.39, 0.29) is 17.4 Å². The Morgan fingerprint density at radius 1 is 1.35 bits per heavy atom. The minimum absolute atomic E-state index is 0.00234. The van der Waals surface area contributed by atoms with Crippen LogP contribution in [0.25, 0.3) is 0 Å². The van der Waals surface area contributed by atoms with Gasteiger partial charge in [-0.15, -0.1) is 0 Å². The molecule has 1 aromatic rings. The number of hydrogen-bond acceptors (Lipinski definition) is 2. The highest BCUT2D eigenvalue weighted by Gasteiger charge is 2.35. The predicted octanol–water partition coefficient (Wildman–Crippen LogP) is 2.06. The summed E-state index contributed by atoms with van der Waals surface area (Å²) in [4.78, 5) is 11.9. The molecule has 1 amide bonds. The van der Waals surface area contributed by atoms with Crippen molar-refractivity contribution < 1.29 is 4.79 Å². The smallest absolute Gasteiger partial charge is 0.237 e. The number of rotatable bonds is 4. The first-order chi connectivity index (χ1) is 7.93. The van der Waals surface area contributed by atoms with Crippen LogP contribution in [-0.2, 0) is 10.2 Å². The monoisotopic (exact) mass is 298 g/mol. The maximum Gasteiger partial charge on any atom is 0.237 e. The lowest BCUT2D eigenvalue weighted by Gasteiger charge is -2.33. The first kappa shape index (κ1) is 14.2. The van der Waals surface area contributed by atoms with E-state index in [1.54, 1.807) is 14.1 Å². The molecule has 1 atom stereocenters. The molecule has 0 aliphatic heterocycles. The van der Waals surface area contributed by atoms with Crippen molar-refractivity contribution >= 4 is 21.8 Å². The van der Waals surface area contributed by atoms with Gasteiger partial charge in [-0.3, -0.25) is 4.79 Å². The second-order valence-corrected chi connectivity index (χ2v) is 5.48. The third kappa shape index (κ3) is 3.07. The zero-order valence-electron chi connectivity index (χ0n) is 10.7. The van der Waals surface area contributed by atoms with Gasteiger partial charge in [-0.1, -0.05) is 41.9 Å². The maximum atomic E-state index is 11.9. The molecular weight excluding hydrogens is 280 g/mol. The molecule has 0 radical (unpaired) electrons. The van der Waals surface area contributed by atoms with E-state index in [4.69, 9.17) is 0 Å². The highest BCUT2D eigenvalue weighted by Crippen LogP contribution is 2.29. The highest BCUT2D eigenvalue weighted by molar-refractivity contribution is 9.10. The molecule has 0 heterocycles. The van der Waals surface area contributed by atoms with Crippen LogP contribution < -0.4 is 10.6 Å². The third-order valence-corrected chi connectivity index (χ3v) is 3.58. The zero-order chi connectivity index (χ0) is 13.1. The van der Waals surface area contributed by atoms with Crippen LogP contribution in [0.1, 0.15) is 19.4 Å². The summed E-state index contributed by atoms with van der Waals surface area (Å²) in [7, 11) is 3.46. The number of carbonyl (C=O) groups is 1. The number of benzene rings is 1. The topological polar surface area (TPSA) is 41.1 Å². The Morgan fingerprint density at radius 2 is 2.00 bits per heavy atom. The predicted molar refractivity (Wildman–Crippen MR) is 74.1 cm³/mol. The second-order valence-electron chi connectivity index (χ2n) is 4.57. The van der Waals surface area contributed by atoms with Gasteiger partial charge in [-0.2, -0.15) is 0 Å². The van der Waals surface area contributed by atoms with E-state index in [9.17, 15) is 4.79 Å². The fourth-order valence-electron chi connectivity index (χ4n) is 2.02. The zero-order valence-corrected chi connectivity index (χ0v) is 12.3. The number of amides is 1. The van der Waals surface area contributed by atoms with Gasteiger partial charge in [0.1, 0.15) is 0 Å². The van der Waals surface area contributed by atoms with Crippen molar-refractivity contribution in [3.63, 3.8) is 0 Å². The van der Waals surface area contributed by atoms with E-state index >= 15 is 0 Å². The van der Waals surface area contributed by atoms with Crippen LogP contribution in [0, 0.1) is 0 Å². The Bertz CT molecular complexity index is 404. The van der Waals surface area contributed by atoms with Crippen LogP contribution in [0.2, 0.25) is 0 Å². The summed E-state index contributed by atoms with van der Waals surface area (Å²) in [6, 6.07) is 7.79. The van der Waals surface area contributed by atoms with Gasteiger partial charge in [0.2, 0.25) is 5.91 Å². The molecule has 0 aliphatic carbocycles. The molecule has 0 bridgehead atoms. The lowest BCUT2D eigenvalue weighted by atomic mass is 9.77. The van der Waals surface area contributed by atoms with Crippen LogP contribution in [0.15, 0.2) is 28.7 Å². The van der Waals surface area contributed by atoms with Gasteiger partial charge in [-0.05, 0) is 24.7 Å². The molecule has 3 nitrogen and oxygen atoms in total. The van der Waals surface area contributed by atoms with E-state index in [2.05, 4.69) is 40.4 Å². The summed E-state index contributed by atoms with van der Waals surface area (Å²) in [6.45, 7) is 4.12. The number of nitrogens with one attached hydrogen (secondary N) is 2. The number of likely N-dealkylation sites (N-methyl/N-ethyl adjacent to an activating group) is 2. The quantitative estimate of drug-likeness (QED) is 0.893. The molecule has 0 aromatic heterocycles. The van der Waals surface area contributed by atoms with Gasteiger partial charge in [0.25, 0.3) is 0 Å². The Labute approximate surface area is 111 Å². The Kier molecular flexibility index (Phi) is 4.71. The normalized spacial score (nSPS) is 13.2. The lowest BCUT2D eigenvalue weighted by molar-refractivity contribution is -0.124. The molecular formula is C13H19BrN2O. The summed E-state index contributed by atoms with van der Waals surface area (Å²) in [5, 5.41) is 5.78. The van der Waals surface area contributed by atoms with Crippen molar-refractivity contribution in [2.45, 2.75) is 25.3 Å². The highest BCUT2D eigenvalue weighted by atomic mass is 79.9. The van der Waals surface area contributed by atoms with Crippen LogP contribution >= 0.6 is 15.9 Å². The van der Waals surface area contributed by atoms with Gasteiger partial charge < -0.3 is 10.6 Å². The van der Waals surface area contributed by atoms with Crippen LogP contribution in [0.4, 0.5) is 0 Å². The van der Waals surface area contributed by atoms with E-state index in [1.807, 2.05) is 24.3 Å². The van der Waals surface area contributed by atoms with Gasteiger partial charge in [0, 0.05) is 16.9 Å². The SMILES string of the molecule is CNC(=O)C(NC)C(C)(C)c1cccc(Br)c1. The molecule has 0 saturated heterocycles. The Hall–Kier alpha value is -0.870. The second kappa shape index (κ2) is 5.65. The molecule has 1 unspecified atom stereocenters. The average Bonchev–Trinajstić information content (AvgIpc) is 2.29. The summed E-state index contributed by atoms with van der Waals surface area (Å²) in [6.07, 6.45) is 0. The standard InChI is InChI=1S/C13H19BrN2O/c1-13(2,11(15-3)12(17)16-4)9-6-5-7-10(14)8-9/h5-8,11,15H,1-4H3,(H,16,17). The van der Waals surface area contributed by atoms with Crippen molar-refractivity contribution in [3.8, 4) is 0 Å². The fraction of sp³-hybridized carbons (Fsp3) is 0.462. The number of hydrogen-bond donors (Lipinski definition) is 2. The van der Waals surface area contributed by atoms with Gasteiger partial charge in [0.15, 0.2) is 0 Å². The summed E-state index contributed by atoms with van der Waals surface area (Å²) in [5.41, 5.74) is 0.841. The van der Waals surface area contributed by atoms with Crippen molar-refractivity contribution in [2.24, 2.45) is 0 Å². The van der Waals surface area contributed by atoms with E-state index in [0.29, 0.717) is 0 Å². The number of halogens is 1. The minimum Gasteiger partial charge on any atom is -0.358 e. The van der Waals surface area contributed by atoms with Crippen molar-refractivity contribution in [1.29, 1.82) is 0 Å². The van der Waals surface area contributed by atoms with Gasteiger partial charge >= 0.3 is 0 Å². The van der Waals surface area contributed by atoms with Gasteiger partial charge in [0.05, 0.1) is 6.04 Å². The largest absolute Gasteiger partial charge is 0.358 e. The minimum atomic E-state index is -0.279. The van der Waals surface area contributed by atoms with Crippen molar-refractivity contribution in [1.82, 2.24) is 10.6 Å². The number of carbonyl (C=O) groups excluding carboxylic acids is 1. The third-order valence-electron chi connectivity index (χ3n) is 3.09. The van der Waals surface area contributed by atoms with E-state index < -0.39 is 0 Å². The average molecular weight is 299 g/mol. The molecule has 2 N–H and O–H groups in total. The molecule has 0 saturated carbocycles. The molecule has 1 rings (SSSR count).